The summed E-state index contributed by atoms with van der Waals surface area (Å²) in [5.74, 6) is -0.623. The lowest BCUT2D eigenvalue weighted by atomic mass is 10.4. The minimum atomic E-state index is -3.75. The number of hydrogen-bond acceptors (Lipinski definition) is 6. The summed E-state index contributed by atoms with van der Waals surface area (Å²) in [5.41, 5.74) is 0.492. The Kier molecular flexibility index (Phi) is 4.42. The second-order valence-corrected chi connectivity index (χ2v) is 6.70. The second-order valence-electron chi connectivity index (χ2n) is 4.83. The number of ether oxygens (including phenoxy) is 1. The molecule has 1 fully saturated rings. The molecule has 9 heteroatoms. The Morgan fingerprint density at radius 1 is 1.22 bits per heavy atom. The molecular formula is C14H15N3O5S. The van der Waals surface area contributed by atoms with E-state index in [9.17, 15) is 13.2 Å². The van der Waals surface area contributed by atoms with Crippen LogP contribution in [0.3, 0.4) is 0 Å². The number of aromatic nitrogens is 1. The fourth-order valence-corrected chi connectivity index (χ4v) is 3.44. The highest BCUT2D eigenvalue weighted by Gasteiger charge is 2.30. The highest BCUT2D eigenvalue weighted by Crippen LogP contribution is 2.20. The molecule has 1 amide bonds. The molecular weight excluding hydrogens is 322 g/mol. The normalized spacial score (nSPS) is 16.2. The average molecular weight is 337 g/mol. The maximum Gasteiger partial charge on any atom is 0.291 e. The maximum absolute atomic E-state index is 12.4. The Bertz CT molecular complexity index is 782. The van der Waals surface area contributed by atoms with Gasteiger partial charge < -0.3 is 14.5 Å². The molecule has 0 radical (unpaired) electrons. The number of amides is 1. The number of anilines is 1. The van der Waals surface area contributed by atoms with E-state index in [0.29, 0.717) is 18.9 Å². The number of hydrogen-bond donors (Lipinski definition) is 1. The first-order chi connectivity index (χ1) is 11.1. The summed E-state index contributed by atoms with van der Waals surface area (Å²) in [4.78, 5) is 15.9. The van der Waals surface area contributed by atoms with Crippen molar-refractivity contribution in [2.24, 2.45) is 0 Å². The predicted molar refractivity (Wildman–Crippen MR) is 80.5 cm³/mol. The molecule has 0 aliphatic carbocycles. The second kappa shape index (κ2) is 6.49. The molecule has 2 aromatic heterocycles. The molecule has 1 N–H and O–H groups in total. The lowest BCUT2D eigenvalue weighted by molar-refractivity contribution is 0.0723. The SMILES string of the molecule is O=C(Nc1cccnc1)c1ccc(S(=O)(=O)N2CCOCC2)o1. The van der Waals surface area contributed by atoms with Crippen molar-refractivity contribution in [3.05, 3.63) is 42.4 Å². The van der Waals surface area contributed by atoms with Crippen molar-refractivity contribution in [3.8, 4) is 0 Å². The molecule has 8 nitrogen and oxygen atoms in total. The van der Waals surface area contributed by atoms with Crippen molar-refractivity contribution in [2.75, 3.05) is 31.6 Å². The van der Waals surface area contributed by atoms with Crippen LogP contribution < -0.4 is 5.32 Å². The van der Waals surface area contributed by atoms with E-state index >= 15 is 0 Å². The molecule has 1 aliphatic heterocycles. The molecule has 0 spiro atoms. The first kappa shape index (κ1) is 15.7. The number of morpholine rings is 1. The molecule has 1 aliphatic rings. The van der Waals surface area contributed by atoms with Crippen molar-refractivity contribution in [1.29, 1.82) is 0 Å². The summed E-state index contributed by atoms with van der Waals surface area (Å²) in [6, 6.07) is 5.95. The monoisotopic (exact) mass is 337 g/mol. The Morgan fingerprint density at radius 2 is 2.00 bits per heavy atom. The van der Waals surface area contributed by atoms with Gasteiger partial charge in [0.25, 0.3) is 15.9 Å². The summed E-state index contributed by atoms with van der Waals surface area (Å²) in [7, 11) is -3.75. The van der Waals surface area contributed by atoms with Gasteiger partial charge in [-0.1, -0.05) is 0 Å². The van der Waals surface area contributed by atoms with Crippen LogP contribution in [-0.4, -0.2) is 49.9 Å². The lowest BCUT2D eigenvalue weighted by Crippen LogP contribution is -2.40. The topological polar surface area (TPSA) is 102 Å². The number of nitrogens with zero attached hydrogens (tertiary/aromatic N) is 2. The van der Waals surface area contributed by atoms with E-state index < -0.39 is 15.9 Å². The molecule has 1 saturated heterocycles. The van der Waals surface area contributed by atoms with E-state index in [0.717, 1.165) is 0 Å². The average Bonchev–Trinajstić information content (AvgIpc) is 3.07. The number of pyridine rings is 1. The molecule has 0 aromatic carbocycles. The molecule has 0 bridgehead atoms. The highest BCUT2D eigenvalue weighted by molar-refractivity contribution is 7.89. The van der Waals surface area contributed by atoms with E-state index in [4.69, 9.17) is 9.15 Å². The van der Waals surface area contributed by atoms with Crippen LogP contribution in [0.1, 0.15) is 10.6 Å². The van der Waals surface area contributed by atoms with Crippen LogP contribution >= 0.6 is 0 Å². The third-order valence-electron chi connectivity index (χ3n) is 3.29. The third kappa shape index (κ3) is 3.41. The van der Waals surface area contributed by atoms with Crippen LogP contribution in [-0.2, 0) is 14.8 Å². The predicted octanol–water partition coefficient (Wildman–Crippen LogP) is 0.948. The minimum Gasteiger partial charge on any atom is -0.438 e. The van der Waals surface area contributed by atoms with Gasteiger partial charge >= 0.3 is 0 Å². The van der Waals surface area contributed by atoms with Crippen molar-refractivity contribution >= 4 is 21.6 Å². The Balaban J connectivity index is 1.76. The largest absolute Gasteiger partial charge is 0.438 e. The molecule has 3 heterocycles. The zero-order valence-corrected chi connectivity index (χ0v) is 13.0. The van der Waals surface area contributed by atoms with Gasteiger partial charge in [0.05, 0.1) is 25.1 Å². The number of rotatable bonds is 4. The van der Waals surface area contributed by atoms with Gasteiger partial charge in [-0.05, 0) is 24.3 Å². The van der Waals surface area contributed by atoms with Crippen LogP contribution in [0.4, 0.5) is 5.69 Å². The fraction of sp³-hybridized carbons (Fsp3) is 0.286. The van der Waals surface area contributed by atoms with E-state index in [1.807, 2.05) is 0 Å². The Morgan fingerprint density at radius 3 is 2.70 bits per heavy atom. The number of carbonyl (C=O) groups excluding carboxylic acids is 1. The van der Waals surface area contributed by atoms with E-state index in [-0.39, 0.29) is 23.9 Å². The Labute approximate surface area is 133 Å². The van der Waals surface area contributed by atoms with Gasteiger partial charge in [-0.3, -0.25) is 9.78 Å². The fourth-order valence-electron chi connectivity index (χ4n) is 2.12. The summed E-state index contributed by atoms with van der Waals surface area (Å²) in [6.07, 6.45) is 3.06. The van der Waals surface area contributed by atoms with E-state index in [1.54, 1.807) is 18.3 Å². The van der Waals surface area contributed by atoms with E-state index in [2.05, 4.69) is 10.3 Å². The minimum absolute atomic E-state index is 0.0827. The van der Waals surface area contributed by atoms with Crippen molar-refractivity contribution < 1.29 is 22.4 Å². The summed E-state index contributed by atoms with van der Waals surface area (Å²) < 4.78 is 36.5. The van der Waals surface area contributed by atoms with Gasteiger partial charge in [0.2, 0.25) is 5.09 Å². The van der Waals surface area contributed by atoms with Crippen molar-refractivity contribution in [3.63, 3.8) is 0 Å². The molecule has 0 saturated carbocycles. The molecule has 2 aromatic rings. The van der Waals surface area contributed by atoms with Gasteiger partial charge in [0.1, 0.15) is 0 Å². The van der Waals surface area contributed by atoms with Gasteiger partial charge in [-0.2, -0.15) is 4.31 Å². The Hall–Kier alpha value is -2.23. The zero-order valence-electron chi connectivity index (χ0n) is 12.1. The van der Waals surface area contributed by atoms with Crippen LogP contribution in [0.25, 0.3) is 0 Å². The molecule has 23 heavy (non-hydrogen) atoms. The van der Waals surface area contributed by atoms with Gasteiger partial charge in [0, 0.05) is 19.3 Å². The maximum atomic E-state index is 12.4. The summed E-state index contributed by atoms with van der Waals surface area (Å²) in [5, 5.41) is 2.32. The van der Waals surface area contributed by atoms with Gasteiger partial charge in [0.15, 0.2) is 5.76 Å². The van der Waals surface area contributed by atoms with E-state index in [1.165, 1.54) is 22.6 Å². The van der Waals surface area contributed by atoms with Crippen molar-refractivity contribution in [2.45, 2.75) is 5.09 Å². The smallest absolute Gasteiger partial charge is 0.291 e. The molecule has 122 valence electrons. The van der Waals surface area contributed by atoms with Gasteiger partial charge in [-0.25, -0.2) is 8.42 Å². The third-order valence-corrected chi connectivity index (χ3v) is 5.06. The number of sulfonamides is 1. The lowest BCUT2D eigenvalue weighted by Gasteiger charge is -2.24. The first-order valence-electron chi connectivity index (χ1n) is 6.96. The van der Waals surface area contributed by atoms with Gasteiger partial charge in [-0.15, -0.1) is 0 Å². The first-order valence-corrected chi connectivity index (χ1v) is 8.40. The summed E-state index contributed by atoms with van der Waals surface area (Å²) in [6.45, 7) is 1.21. The highest BCUT2D eigenvalue weighted by atomic mass is 32.2. The zero-order chi connectivity index (χ0) is 16.3. The standard InChI is InChI=1S/C14H15N3O5S/c18-14(16-11-2-1-5-15-10-11)12-3-4-13(22-12)23(19,20)17-6-8-21-9-7-17/h1-5,10H,6-9H2,(H,16,18). The number of furan rings is 1. The number of nitrogens with one attached hydrogen (secondary N) is 1. The summed E-state index contributed by atoms with van der Waals surface area (Å²) >= 11 is 0. The molecule has 0 unspecified atom stereocenters. The molecule has 3 rings (SSSR count). The van der Waals surface area contributed by atoms with Crippen molar-refractivity contribution in [1.82, 2.24) is 9.29 Å². The molecule has 0 atom stereocenters. The van der Waals surface area contributed by atoms with Crippen LogP contribution in [0.2, 0.25) is 0 Å². The van der Waals surface area contributed by atoms with Crippen LogP contribution in [0, 0.1) is 0 Å². The number of carbonyl (C=O) groups is 1. The quantitative estimate of drug-likeness (QED) is 0.891. The van der Waals surface area contributed by atoms with Crippen LogP contribution in [0.5, 0.6) is 0 Å². The van der Waals surface area contributed by atoms with Crippen LogP contribution in [0.15, 0.2) is 46.2 Å².